The third-order valence-electron chi connectivity index (χ3n) is 9.77. The highest BCUT2D eigenvalue weighted by Crippen LogP contribution is 2.67. The summed E-state index contributed by atoms with van der Waals surface area (Å²) in [7, 11) is 0. The molecule has 4 aliphatic rings. The first-order chi connectivity index (χ1) is 18.5. The summed E-state index contributed by atoms with van der Waals surface area (Å²) in [6.45, 7) is 10.3. The smallest absolute Gasteiger partial charge is 0.303 e. The highest BCUT2D eigenvalue weighted by atomic mass is 16.6. The zero-order valence-corrected chi connectivity index (χ0v) is 23.4. The Labute approximate surface area is 230 Å². The minimum Gasteiger partial charge on any atom is -0.491 e. The van der Waals surface area contributed by atoms with Crippen LogP contribution in [0.2, 0.25) is 0 Å². The molecule has 0 saturated heterocycles. The Kier molecular flexibility index (Phi) is 7.02. The number of ether oxygens (including phenoxy) is 2. The second kappa shape index (κ2) is 10.0. The monoisotopic (exact) mass is 530 g/mol. The van der Waals surface area contributed by atoms with Crippen LogP contribution in [0.25, 0.3) is 0 Å². The van der Waals surface area contributed by atoms with Gasteiger partial charge in [-0.3, -0.25) is 19.2 Å². The van der Waals surface area contributed by atoms with E-state index in [2.05, 4.69) is 19.6 Å². The molecule has 0 aromatic heterocycles. The molecule has 1 aromatic carbocycles. The van der Waals surface area contributed by atoms with E-state index in [4.69, 9.17) is 9.47 Å². The van der Waals surface area contributed by atoms with Gasteiger partial charge in [-0.25, -0.2) is 0 Å². The van der Waals surface area contributed by atoms with Gasteiger partial charge in [-0.1, -0.05) is 37.3 Å². The molecule has 0 N–H and O–H groups in total. The maximum absolute atomic E-state index is 13.9. The van der Waals surface area contributed by atoms with Crippen molar-refractivity contribution in [1.29, 1.82) is 0 Å². The summed E-state index contributed by atoms with van der Waals surface area (Å²) < 4.78 is 11.7. The normalized spacial score (nSPS) is 31.4. The molecule has 6 nitrogen and oxygen atoms in total. The second-order valence-electron chi connectivity index (χ2n) is 12.1. The first-order valence-electron chi connectivity index (χ1n) is 14.1. The fraction of sp³-hybridized carbons (Fsp3) is 0.515. The number of rotatable bonds is 7. The number of carbonyl (C=O) groups excluding carboxylic acids is 4. The summed E-state index contributed by atoms with van der Waals surface area (Å²) in [5.41, 5.74) is 3.53. The lowest BCUT2D eigenvalue weighted by Gasteiger charge is -2.55. The minimum atomic E-state index is -1.30. The molecule has 4 aliphatic carbocycles. The van der Waals surface area contributed by atoms with Crippen LogP contribution in [-0.2, 0) is 23.9 Å². The van der Waals surface area contributed by atoms with Crippen LogP contribution in [0.15, 0.2) is 59.4 Å². The van der Waals surface area contributed by atoms with Crippen LogP contribution in [0.3, 0.4) is 0 Å². The zero-order chi connectivity index (χ0) is 28.1. The van der Waals surface area contributed by atoms with Gasteiger partial charge >= 0.3 is 5.97 Å². The number of ketones is 3. The Hall–Kier alpha value is -3.28. The van der Waals surface area contributed by atoms with Gasteiger partial charge in [0.2, 0.25) is 5.78 Å². The summed E-state index contributed by atoms with van der Waals surface area (Å²) in [6.07, 6.45) is 6.59. The second-order valence-corrected chi connectivity index (χ2v) is 12.1. The maximum Gasteiger partial charge on any atom is 0.303 e. The standard InChI is InChI=1S/C33H38O6/c1-19(2)38-18-30(37)33(39-21(4)35)14-13-29-27-11-9-24-16-25(36)10-12-26(24)31(27)28(17-32(29,33)5)23-8-6-7-22(15-23)20(3)34/h6-8,15-16,27-29H,1,9-14,17-18H2,2-5H3/t27-,28+,29?,32-,33-/m0/s1. The highest BCUT2D eigenvalue weighted by molar-refractivity contribution is 5.95. The van der Waals surface area contributed by atoms with Crippen molar-refractivity contribution in [2.45, 2.75) is 84.2 Å². The van der Waals surface area contributed by atoms with Crippen LogP contribution in [0, 0.1) is 17.3 Å². The first kappa shape index (κ1) is 27.3. The number of fused-ring (bicyclic) bond motifs is 4. The SMILES string of the molecule is C=C(C)OCC(=O)[C@@]1(OC(C)=O)CCC2[C@@H]3CCC4=CC(=O)CCC4=C3[C@@H](c3cccc(C(C)=O)c3)C[C@@]21C. The molecule has 206 valence electrons. The van der Waals surface area contributed by atoms with Gasteiger partial charge in [0.1, 0.15) is 0 Å². The molecular weight excluding hydrogens is 492 g/mol. The number of allylic oxidation sites excluding steroid dienone is 5. The van der Waals surface area contributed by atoms with Crippen LogP contribution >= 0.6 is 0 Å². The van der Waals surface area contributed by atoms with E-state index in [1.54, 1.807) is 13.8 Å². The van der Waals surface area contributed by atoms with Crippen LogP contribution < -0.4 is 0 Å². The molecule has 2 fully saturated rings. The molecule has 0 amide bonds. The largest absolute Gasteiger partial charge is 0.491 e. The van der Waals surface area contributed by atoms with Gasteiger partial charge < -0.3 is 9.47 Å². The maximum atomic E-state index is 13.9. The van der Waals surface area contributed by atoms with Crippen molar-refractivity contribution in [3.05, 3.63) is 70.5 Å². The lowest BCUT2D eigenvalue weighted by molar-refractivity contribution is -0.185. The van der Waals surface area contributed by atoms with E-state index >= 15 is 0 Å². The van der Waals surface area contributed by atoms with Crippen LogP contribution in [-0.4, -0.2) is 35.5 Å². The fourth-order valence-electron chi connectivity index (χ4n) is 8.15. The van der Waals surface area contributed by atoms with Crippen molar-refractivity contribution in [1.82, 2.24) is 0 Å². The summed E-state index contributed by atoms with van der Waals surface area (Å²) in [5, 5.41) is 0. The van der Waals surface area contributed by atoms with Gasteiger partial charge in [-0.2, -0.15) is 0 Å². The van der Waals surface area contributed by atoms with Gasteiger partial charge in [0.25, 0.3) is 0 Å². The number of hydrogen-bond donors (Lipinski definition) is 0. The number of carbonyl (C=O) groups is 4. The summed E-state index contributed by atoms with van der Waals surface area (Å²) in [4.78, 5) is 51.1. The lowest BCUT2D eigenvalue weighted by atomic mass is 9.50. The predicted octanol–water partition coefficient (Wildman–Crippen LogP) is 6.21. The minimum absolute atomic E-state index is 0.000639. The van der Waals surface area contributed by atoms with Crippen molar-refractivity contribution >= 4 is 23.3 Å². The predicted molar refractivity (Wildman–Crippen MR) is 147 cm³/mol. The number of hydrogen-bond acceptors (Lipinski definition) is 6. The fourth-order valence-corrected chi connectivity index (χ4v) is 8.15. The number of Topliss-reactive ketones (excluding diaryl/α,β-unsaturated/α-hetero) is 2. The summed E-state index contributed by atoms with van der Waals surface area (Å²) >= 11 is 0. The van der Waals surface area contributed by atoms with Crippen molar-refractivity contribution < 1.29 is 28.7 Å². The van der Waals surface area contributed by atoms with E-state index < -0.39 is 17.0 Å². The van der Waals surface area contributed by atoms with E-state index in [0.29, 0.717) is 30.6 Å². The molecule has 6 heteroatoms. The summed E-state index contributed by atoms with van der Waals surface area (Å²) in [6, 6.07) is 7.79. The Morgan fingerprint density at radius 3 is 2.54 bits per heavy atom. The molecule has 0 bridgehead atoms. The van der Waals surface area contributed by atoms with E-state index in [9.17, 15) is 19.2 Å². The molecule has 39 heavy (non-hydrogen) atoms. The topological polar surface area (TPSA) is 86.7 Å². The number of benzene rings is 1. The van der Waals surface area contributed by atoms with Crippen molar-refractivity contribution in [3.63, 3.8) is 0 Å². The van der Waals surface area contributed by atoms with Gasteiger partial charge in [0.05, 0.1) is 5.76 Å². The van der Waals surface area contributed by atoms with E-state index in [-0.39, 0.29) is 41.7 Å². The molecule has 1 aromatic rings. The van der Waals surface area contributed by atoms with Gasteiger partial charge in [-0.05, 0) is 93.1 Å². The molecule has 5 atom stereocenters. The van der Waals surface area contributed by atoms with Gasteiger partial charge in [0, 0.05) is 30.2 Å². The Bertz CT molecular complexity index is 1330. The van der Waals surface area contributed by atoms with Crippen molar-refractivity contribution in [2.24, 2.45) is 17.3 Å². The molecule has 0 heterocycles. The first-order valence-corrected chi connectivity index (χ1v) is 14.1. The van der Waals surface area contributed by atoms with Gasteiger partial charge in [0.15, 0.2) is 23.8 Å². The van der Waals surface area contributed by atoms with Crippen molar-refractivity contribution in [3.8, 4) is 0 Å². The Morgan fingerprint density at radius 2 is 1.85 bits per heavy atom. The molecule has 0 radical (unpaired) electrons. The third kappa shape index (κ3) is 4.52. The van der Waals surface area contributed by atoms with Crippen LogP contribution in [0.1, 0.15) is 94.5 Å². The van der Waals surface area contributed by atoms with E-state index in [1.165, 1.54) is 18.1 Å². The quantitative estimate of drug-likeness (QED) is 0.237. The summed E-state index contributed by atoms with van der Waals surface area (Å²) in [5.74, 6) is 0.195. The molecule has 2 saturated carbocycles. The number of esters is 1. The van der Waals surface area contributed by atoms with E-state index in [1.807, 2.05) is 24.3 Å². The molecular formula is C33H38O6. The average Bonchev–Trinajstić information content (AvgIpc) is 3.18. The zero-order valence-electron chi connectivity index (χ0n) is 23.4. The lowest BCUT2D eigenvalue weighted by Crippen LogP contribution is -2.58. The molecule has 0 aliphatic heterocycles. The molecule has 5 rings (SSSR count). The van der Waals surface area contributed by atoms with Gasteiger partial charge in [-0.15, -0.1) is 0 Å². The Balaban J connectivity index is 1.68. The van der Waals surface area contributed by atoms with Crippen molar-refractivity contribution in [2.75, 3.05) is 6.61 Å². The average molecular weight is 531 g/mol. The third-order valence-corrected chi connectivity index (χ3v) is 9.77. The van der Waals surface area contributed by atoms with Crippen LogP contribution in [0.5, 0.6) is 0 Å². The van der Waals surface area contributed by atoms with E-state index in [0.717, 1.165) is 36.8 Å². The molecule has 0 spiro atoms. The Morgan fingerprint density at radius 1 is 1.08 bits per heavy atom. The highest BCUT2D eigenvalue weighted by Gasteiger charge is 2.68. The molecule has 1 unspecified atom stereocenters. The van der Waals surface area contributed by atoms with Crippen LogP contribution in [0.4, 0.5) is 0 Å².